The number of rotatable bonds is 6. The average molecular weight is 367 g/mol. The maximum Gasteiger partial charge on any atom is 0.221 e. The van der Waals surface area contributed by atoms with Gasteiger partial charge in [-0.1, -0.05) is 25.5 Å². The number of carbonyl (C=O) groups excluding carboxylic acids is 1. The zero-order valence-corrected chi connectivity index (χ0v) is 16.2. The number of nitrogens with one attached hydrogen (secondary N) is 1. The molecule has 0 radical (unpaired) electrons. The second-order valence-electron chi connectivity index (χ2n) is 7.14. The lowest BCUT2D eigenvalue weighted by Gasteiger charge is -2.36. The molecule has 27 heavy (non-hydrogen) atoms. The summed E-state index contributed by atoms with van der Waals surface area (Å²) in [5, 5.41) is 12.8. The number of benzene rings is 2. The van der Waals surface area contributed by atoms with E-state index in [-0.39, 0.29) is 11.7 Å². The first-order chi connectivity index (χ1) is 13.1. The molecule has 0 spiro atoms. The van der Waals surface area contributed by atoms with Gasteiger partial charge in [-0.25, -0.2) is 0 Å². The van der Waals surface area contributed by atoms with Crippen LogP contribution >= 0.6 is 0 Å². The predicted octanol–water partition coefficient (Wildman–Crippen LogP) is 3.94. The minimum atomic E-state index is -0.124. The number of unbranched alkanes of at least 4 members (excludes halogenated alkanes) is 1. The highest BCUT2D eigenvalue weighted by Gasteiger charge is 2.17. The fraction of sp³-hybridized carbons (Fsp3) is 0.409. The highest BCUT2D eigenvalue weighted by Crippen LogP contribution is 2.33. The third kappa shape index (κ3) is 5.01. The molecule has 0 atom stereocenters. The van der Waals surface area contributed by atoms with Crippen LogP contribution in [0, 0.1) is 0 Å². The summed E-state index contributed by atoms with van der Waals surface area (Å²) in [4.78, 5) is 16.5. The molecule has 3 rings (SSSR count). The Labute approximate surface area is 161 Å². The van der Waals surface area contributed by atoms with Crippen LogP contribution in [-0.4, -0.2) is 48.6 Å². The van der Waals surface area contributed by atoms with Gasteiger partial charge in [-0.2, -0.15) is 0 Å². The van der Waals surface area contributed by atoms with Crippen molar-refractivity contribution in [1.29, 1.82) is 0 Å². The molecule has 0 aliphatic carbocycles. The highest BCUT2D eigenvalue weighted by molar-refractivity contribution is 5.94. The number of hydrogen-bond donors (Lipinski definition) is 2. The van der Waals surface area contributed by atoms with Gasteiger partial charge in [-0.05, 0) is 48.9 Å². The van der Waals surface area contributed by atoms with Crippen molar-refractivity contribution in [3.05, 3.63) is 42.5 Å². The SMILES string of the molecule is CCCCN1CCN(c2cccc(-c3cc(O)ccc3NC(C)=O)c2)CC1. The highest BCUT2D eigenvalue weighted by atomic mass is 16.3. The molecule has 5 heteroatoms. The van der Waals surface area contributed by atoms with Gasteiger partial charge < -0.3 is 15.3 Å². The lowest BCUT2D eigenvalue weighted by molar-refractivity contribution is -0.114. The molecule has 0 aromatic heterocycles. The molecule has 0 unspecified atom stereocenters. The average Bonchev–Trinajstić information content (AvgIpc) is 2.68. The van der Waals surface area contributed by atoms with E-state index < -0.39 is 0 Å². The monoisotopic (exact) mass is 367 g/mol. The van der Waals surface area contributed by atoms with E-state index in [9.17, 15) is 9.90 Å². The number of aromatic hydroxyl groups is 1. The lowest BCUT2D eigenvalue weighted by atomic mass is 10.0. The smallest absolute Gasteiger partial charge is 0.221 e. The topological polar surface area (TPSA) is 55.8 Å². The number of piperazine rings is 1. The minimum absolute atomic E-state index is 0.124. The van der Waals surface area contributed by atoms with Crippen molar-refractivity contribution in [3.63, 3.8) is 0 Å². The van der Waals surface area contributed by atoms with E-state index in [0.717, 1.165) is 37.3 Å². The molecule has 1 aliphatic rings. The first kappa shape index (κ1) is 19.2. The second-order valence-corrected chi connectivity index (χ2v) is 7.14. The van der Waals surface area contributed by atoms with E-state index in [1.165, 1.54) is 32.0 Å². The van der Waals surface area contributed by atoms with Gasteiger partial charge in [0.1, 0.15) is 5.75 Å². The number of phenols is 1. The number of phenolic OH excluding ortho intramolecular Hbond substituents is 1. The largest absolute Gasteiger partial charge is 0.508 e. The molecule has 1 heterocycles. The summed E-state index contributed by atoms with van der Waals surface area (Å²) in [6.07, 6.45) is 2.50. The zero-order chi connectivity index (χ0) is 19.2. The molecule has 2 aromatic carbocycles. The van der Waals surface area contributed by atoms with Crippen LogP contribution in [0.2, 0.25) is 0 Å². The van der Waals surface area contributed by atoms with Gasteiger partial charge in [0, 0.05) is 50.0 Å². The summed E-state index contributed by atoms with van der Waals surface area (Å²) in [5.41, 5.74) is 3.70. The van der Waals surface area contributed by atoms with Crippen molar-refractivity contribution in [2.75, 3.05) is 42.9 Å². The lowest BCUT2D eigenvalue weighted by Crippen LogP contribution is -2.46. The molecule has 1 fully saturated rings. The third-order valence-electron chi connectivity index (χ3n) is 5.04. The Morgan fingerprint density at radius 3 is 2.59 bits per heavy atom. The second kappa shape index (κ2) is 8.91. The molecule has 0 bridgehead atoms. The van der Waals surface area contributed by atoms with Crippen LogP contribution in [0.25, 0.3) is 11.1 Å². The Morgan fingerprint density at radius 2 is 1.89 bits per heavy atom. The van der Waals surface area contributed by atoms with Crippen LogP contribution in [0.4, 0.5) is 11.4 Å². The van der Waals surface area contributed by atoms with Crippen molar-refractivity contribution < 1.29 is 9.90 Å². The Bertz CT molecular complexity index is 783. The van der Waals surface area contributed by atoms with Gasteiger partial charge in [0.15, 0.2) is 0 Å². The first-order valence-corrected chi connectivity index (χ1v) is 9.75. The first-order valence-electron chi connectivity index (χ1n) is 9.75. The van der Waals surface area contributed by atoms with Gasteiger partial charge in [0.25, 0.3) is 0 Å². The number of hydrogen-bond acceptors (Lipinski definition) is 4. The van der Waals surface area contributed by atoms with Gasteiger partial charge in [0.2, 0.25) is 5.91 Å². The van der Waals surface area contributed by atoms with E-state index in [1.807, 2.05) is 12.1 Å². The van der Waals surface area contributed by atoms with Crippen LogP contribution in [0.15, 0.2) is 42.5 Å². The Morgan fingerprint density at radius 1 is 1.11 bits per heavy atom. The van der Waals surface area contributed by atoms with Crippen molar-refractivity contribution in [1.82, 2.24) is 4.90 Å². The van der Waals surface area contributed by atoms with Crippen molar-refractivity contribution in [3.8, 4) is 16.9 Å². The Kier molecular flexibility index (Phi) is 6.35. The van der Waals surface area contributed by atoms with Gasteiger partial charge in [-0.3, -0.25) is 9.69 Å². The molecular formula is C22H29N3O2. The molecule has 1 saturated heterocycles. The molecule has 1 amide bonds. The van der Waals surface area contributed by atoms with E-state index >= 15 is 0 Å². The van der Waals surface area contributed by atoms with Crippen LogP contribution in [0.3, 0.4) is 0 Å². The number of anilines is 2. The van der Waals surface area contributed by atoms with E-state index in [1.54, 1.807) is 18.2 Å². The van der Waals surface area contributed by atoms with Crippen LogP contribution in [0.5, 0.6) is 5.75 Å². The molecule has 144 valence electrons. The summed E-state index contributed by atoms with van der Waals surface area (Å²) in [5.74, 6) is 0.0651. The normalized spacial score (nSPS) is 15.0. The van der Waals surface area contributed by atoms with Crippen LogP contribution < -0.4 is 10.2 Å². The van der Waals surface area contributed by atoms with Gasteiger partial charge in [0.05, 0.1) is 0 Å². The minimum Gasteiger partial charge on any atom is -0.508 e. The molecular weight excluding hydrogens is 338 g/mol. The Balaban J connectivity index is 1.79. The van der Waals surface area contributed by atoms with Crippen molar-refractivity contribution in [2.45, 2.75) is 26.7 Å². The van der Waals surface area contributed by atoms with E-state index in [4.69, 9.17) is 0 Å². The predicted molar refractivity (Wildman–Crippen MR) is 111 cm³/mol. The summed E-state index contributed by atoms with van der Waals surface area (Å²) in [6.45, 7) is 9.13. The molecule has 2 aromatic rings. The van der Waals surface area contributed by atoms with Gasteiger partial charge >= 0.3 is 0 Å². The molecule has 1 aliphatic heterocycles. The third-order valence-corrected chi connectivity index (χ3v) is 5.04. The summed E-state index contributed by atoms with van der Waals surface area (Å²) in [7, 11) is 0. The maximum atomic E-state index is 11.5. The molecule has 2 N–H and O–H groups in total. The quantitative estimate of drug-likeness (QED) is 0.760. The fourth-order valence-electron chi connectivity index (χ4n) is 3.55. The Hall–Kier alpha value is -2.53. The summed E-state index contributed by atoms with van der Waals surface area (Å²) < 4.78 is 0. The van der Waals surface area contributed by atoms with Crippen molar-refractivity contribution >= 4 is 17.3 Å². The van der Waals surface area contributed by atoms with Gasteiger partial charge in [-0.15, -0.1) is 0 Å². The number of amides is 1. The summed E-state index contributed by atoms with van der Waals surface area (Å²) in [6, 6.07) is 13.4. The maximum absolute atomic E-state index is 11.5. The fourth-order valence-corrected chi connectivity index (χ4v) is 3.55. The molecule has 0 saturated carbocycles. The van der Waals surface area contributed by atoms with Crippen molar-refractivity contribution in [2.24, 2.45) is 0 Å². The molecule has 5 nitrogen and oxygen atoms in total. The zero-order valence-electron chi connectivity index (χ0n) is 16.2. The standard InChI is InChI=1S/C22H29N3O2/c1-3-4-10-24-11-13-25(14-12-24)19-7-5-6-18(15-19)21-16-20(27)8-9-22(21)23-17(2)26/h5-9,15-16,27H,3-4,10-14H2,1-2H3,(H,23,26). The number of nitrogens with zero attached hydrogens (tertiary/aromatic N) is 2. The van der Waals surface area contributed by atoms with Crippen LogP contribution in [-0.2, 0) is 4.79 Å². The summed E-state index contributed by atoms with van der Waals surface area (Å²) >= 11 is 0. The van der Waals surface area contributed by atoms with E-state index in [2.05, 4.69) is 34.2 Å². The van der Waals surface area contributed by atoms with E-state index in [0.29, 0.717) is 5.69 Å². The number of carbonyl (C=O) groups is 1. The van der Waals surface area contributed by atoms with Crippen LogP contribution in [0.1, 0.15) is 26.7 Å².